The average Bonchev–Trinajstić information content (AvgIpc) is 2.68. The zero-order chi connectivity index (χ0) is 13.1. The smallest absolute Gasteiger partial charge is 0.147 e. The molecule has 2 rings (SSSR count). The summed E-state index contributed by atoms with van der Waals surface area (Å²) >= 11 is 0. The van der Waals surface area contributed by atoms with Crippen LogP contribution in [0.4, 0.5) is 10.1 Å². The summed E-state index contributed by atoms with van der Waals surface area (Å²) in [5.74, 6) is -0.423. The molecule has 92 valence electrons. The topological polar surface area (TPSA) is 64.5 Å². The number of aryl methyl sites for hydroxylation is 2. The minimum Gasteiger partial charge on any atom is -0.378 e. The van der Waals surface area contributed by atoms with E-state index < -0.39 is 5.82 Å². The third-order valence-corrected chi connectivity index (χ3v) is 2.83. The molecule has 0 saturated carbocycles. The molecule has 0 aliphatic rings. The molecule has 2 aromatic rings. The number of nitrogens with one attached hydrogen (secondary N) is 2. The summed E-state index contributed by atoms with van der Waals surface area (Å²) < 4.78 is 13.6. The number of hydrogen-bond donors (Lipinski definition) is 2. The zero-order valence-corrected chi connectivity index (χ0v) is 10.2. The van der Waals surface area contributed by atoms with E-state index in [1.165, 1.54) is 6.07 Å². The molecule has 0 saturated heterocycles. The molecule has 18 heavy (non-hydrogen) atoms. The second-order valence-corrected chi connectivity index (χ2v) is 4.07. The number of nitriles is 1. The Morgan fingerprint density at radius 3 is 2.78 bits per heavy atom. The summed E-state index contributed by atoms with van der Waals surface area (Å²) in [5, 5.41) is 18.6. The molecule has 0 spiro atoms. The van der Waals surface area contributed by atoms with Crippen LogP contribution in [0.1, 0.15) is 22.5 Å². The Hall–Kier alpha value is -2.35. The van der Waals surface area contributed by atoms with E-state index in [9.17, 15) is 4.39 Å². The van der Waals surface area contributed by atoms with Gasteiger partial charge in [0.2, 0.25) is 0 Å². The van der Waals surface area contributed by atoms with Crippen LogP contribution < -0.4 is 5.32 Å². The Morgan fingerprint density at radius 1 is 1.44 bits per heavy atom. The minimum absolute atomic E-state index is 0.314. The van der Waals surface area contributed by atoms with E-state index in [0.29, 0.717) is 17.8 Å². The lowest BCUT2D eigenvalue weighted by Gasteiger charge is -2.07. The van der Waals surface area contributed by atoms with Crippen molar-refractivity contribution in [1.82, 2.24) is 10.2 Å². The third-order valence-electron chi connectivity index (χ3n) is 2.83. The Labute approximate surface area is 104 Å². The highest BCUT2D eigenvalue weighted by molar-refractivity contribution is 5.49. The van der Waals surface area contributed by atoms with Gasteiger partial charge in [0.05, 0.1) is 23.0 Å². The van der Waals surface area contributed by atoms with Gasteiger partial charge in [0.15, 0.2) is 0 Å². The van der Waals surface area contributed by atoms with Crippen molar-refractivity contribution in [3.63, 3.8) is 0 Å². The van der Waals surface area contributed by atoms with E-state index in [4.69, 9.17) is 5.26 Å². The summed E-state index contributed by atoms with van der Waals surface area (Å²) in [6.45, 7) is 4.32. The first-order chi connectivity index (χ1) is 8.61. The summed E-state index contributed by atoms with van der Waals surface area (Å²) in [6, 6.07) is 6.27. The summed E-state index contributed by atoms with van der Waals surface area (Å²) in [5.41, 5.74) is 3.59. The molecule has 0 aliphatic carbocycles. The van der Waals surface area contributed by atoms with Crippen LogP contribution in [-0.2, 0) is 6.54 Å². The predicted molar refractivity (Wildman–Crippen MR) is 66.5 cm³/mol. The van der Waals surface area contributed by atoms with Gasteiger partial charge in [0.25, 0.3) is 0 Å². The van der Waals surface area contributed by atoms with Crippen LogP contribution in [0.15, 0.2) is 18.2 Å². The molecule has 2 N–H and O–H groups in total. The van der Waals surface area contributed by atoms with Crippen molar-refractivity contribution < 1.29 is 4.39 Å². The zero-order valence-electron chi connectivity index (χ0n) is 10.2. The van der Waals surface area contributed by atoms with Crippen LogP contribution in [0.25, 0.3) is 0 Å². The quantitative estimate of drug-likeness (QED) is 0.872. The molecule has 1 aromatic carbocycles. The summed E-state index contributed by atoms with van der Waals surface area (Å²) in [6.07, 6.45) is 0. The molecule has 0 radical (unpaired) electrons. The molecule has 4 nitrogen and oxygen atoms in total. The van der Waals surface area contributed by atoms with Crippen LogP contribution in [0, 0.1) is 31.0 Å². The molecule has 0 fully saturated rings. The van der Waals surface area contributed by atoms with E-state index in [2.05, 4.69) is 15.5 Å². The van der Waals surface area contributed by atoms with E-state index in [0.717, 1.165) is 17.0 Å². The van der Waals surface area contributed by atoms with Crippen molar-refractivity contribution in [2.75, 3.05) is 5.32 Å². The molecule has 1 heterocycles. The highest BCUT2D eigenvalue weighted by Gasteiger charge is 2.08. The molecule has 5 heteroatoms. The van der Waals surface area contributed by atoms with Gasteiger partial charge >= 0.3 is 0 Å². The number of aromatic amines is 1. The second-order valence-electron chi connectivity index (χ2n) is 4.07. The maximum absolute atomic E-state index is 13.6. The van der Waals surface area contributed by atoms with Crippen molar-refractivity contribution in [3.05, 3.63) is 46.5 Å². The highest BCUT2D eigenvalue weighted by Crippen LogP contribution is 2.18. The number of anilines is 1. The lowest BCUT2D eigenvalue weighted by Crippen LogP contribution is -2.03. The van der Waals surface area contributed by atoms with E-state index in [1.54, 1.807) is 12.1 Å². The fourth-order valence-electron chi connectivity index (χ4n) is 1.75. The van der Waals surface area contributed by atoms with Gasteiger partial charge in [-0.1, -0.05) is 0 Å². The standard InChI is InChI=1S/C13H13FN4/c1-8-11(9(2)18-17-8)7-16-13-4-3-10(6-15)5-12(13)14/h3-5,16H,7H2,1-2H3,(H,17,18). The largest absolute Gasteiger partial charge is 0.378 e. The van der Waals surface area contributed by atoms with Gasteiger partial charge in [-0.3, -0.25) is 5.10 Å². The maximum Gasteiger partial charge on any atom is 0.147 e. The van der Waals surface area contributed by atoms with Gasteiger partial charge in [-0.05, 0) is 32.0 Å². The maximum atomic E-state index is 13.6. The van der Waals surface area contributed by atoms with Gasteiger partial charge in [-0.2, -0.15) is 10.4 Å². The monoisotopic (exact) mass is 244 g/mol. The van der Waals surface area contributed by atoms with Crippen molar-refractivity contribution in [1.29, 1.82) is 5.26 Å². The normalized spacial score (nSPS) is 10.1. The average molecular weight is 244 g/mol. The van der Waals surface area contributed by atoms with Gasteiger partial charge in [-0.15, -0.1) is 0 Å². The van der Waals surface area contributed by atoms with E-state index in [1.807, 2.05) is 19.9 Å². The predicted octanol–water partition coefficient (Wildman–Crippen LogP) is 2.65. The lowest BCUT2D eigenvalue weighted by molar-refractivity contribution is 0.629. The minimum atomic E-state index is -0.423. The SMILES string of the molecule is Cc1n[nH]c(C)c1CNc1ccc(C#N)cc1F. The number of rotatable bonds is 3. The Balaban J connectivity index is 2.14. The lowest BCUT2D eigenvalue weighted by atomic mass is 10.1. The van der Waals surface area contributed by atoms with Crippen LogP contribution in [0.3, 0.4) is 0 Å². The van der Waals surface area contributed by atoms with Crippen LogP contribution in [-0.4, -0.2) is 10.2 Å². The fraction of sp³-hybridized carbons (Fsp3) is 0.231. The molecule has 0 amide bonds. The van der Waals surface area contributed by atoms with Crippen LogP contribution in [0.2, 0.25) is 0 Å². The van der Waals surface area contributed by atoms with Crippen molar-refractivity contribution in [2.24, 2.45) is 0 Å². The first-order valence-corrected chi connectivity index (χ1v) is 5.55. The van der Waals surface area contributed by atoms with Crippen molar-refractivity contribution in [2.45, 2.75) is 20.4 Å². The molecule has 0 atom stereocenters. The number of hydrogen-bond acceptors (Lipinski definition) is 3. The fourth-order valence-corrected chi connectivity index (χ4v) is 1.75. The van der Waals surface area contributed by atoms with Crippen molar-refractivity contribution in [3.8, 4) is 6.07 Å². The van der Waals surface area contributed by atoms with Gasteiger partial charge in [0.1, 0.15) is 5.82 Å². The number of H-pyrrole nitrogens is 1. The third kappa shape index (κ3) is 2.33. The van der Waals surface area contributed by atoms with Crippen LogP contribution in [0.5, 0.6) is 0 Å². The summed E-state index contributed by atoms with van der Waals surface area (Å²) in [4.78, 5) is 0. The first kappa shape index (κ1) is 12.1. The molecule has 1 aromatic heterocycles. The van der Waals surface area contributed by atoms with Gasteiger partial charge < -0.3 is 5.32 Å². The van der Waals surface area contributed by atoms with Crippen LogP contribution >= 0.6 is 0 Å². The molecule has 0 unspecified atom stereocenters. The number of halogens is 1. The Morgan fingerprint density at radius 2 is 2.22 bits per heavy atom. The highest BCUT2D eigenvalue weighted by atomic mass is 19.1. The van der Waals surface area contributed by atoms with Crippen molar-refractivity contribution >= 4 is 5.69 Å². The number of nitrogens with zero attached hydrogens (tertiary/aromatic N) is 2. The number of aromatic nitrogens is 2. The molecular formula is C13H13FN4. The van der Waals surface area contributed by atoms with Gasteiger partial charge in [0, 0.05) is 17.8 Å². The Kier molecular flexibility index (Phi) is 3.28. The van der Waals surface area contributed by atoms with E-state index >= 15 is 0 Å². The van der Waals surface area contributed by atoms with E-state index in [-0.39, 0.29) is 0 Å². The number of benzene rings is 1. The van der Waals surface area contributed by atoms with Gasteiger partial charge in [-0.25, -0.2) is 4.39 Å². The summed E-state index contributed by atoms with van der Waals surface area (Å²) in [7, 11) is 0. The molecule has 0 aliphatic heterocycles. The Bertz CT molecular complexity index is 590. The molecular weight excluding hydrogens is 231 g/mol. The second kappa shape index (κ2) is 4.88. The molecule has 0 bridgehead atoms. The first-order valence-electron chi connectivity index (χ1n) is 5.55.